The molecule has 1 amide bonds. The first kappa shape index (κ1) is 25.4. The summed E-state index contributed by atoms with van der Waals surface area (Å²) in [5.41, 5.74) is 3.15. The van der Waals surface area contributed by atoms with Gasteiger partial charge in [0.15, 0.2) is 0 Å². The standard InChI is InChI=1S/C29H37FN2O3/c1-18-14-22(30)12-13-24(18)32-26(20(3)31-27(33)35-28(4,5)6)25-19(2)29(25)15-23(16-29)34-17-21-10-8-7-9-11-21/h7-14,19-20,23,25H,15-17H2,1-6H3,(H,31,33)/t19?,20-,23?,25?,29?/m0/s1. The number of nitrogens with zero attached hydrogens (tertiary/aromatic N) is 1. The highest BCUT2D eigenvalue weighted by molar-refractivity contribution is 5.98. The van der Waals surface area contributed by atoms with Crippen molar-refractivity contribution >= 4 is 17.5 Å². The molecule has 3 atom stereocenters. The number of ether oxygens (including phenoxy) is 2. The molecule has 1 N–H and O–H groups in total. The van der Waals surface area contributed by atoms with E-state index < -0.39 is 11.7 Å². The number of hydrogen-bond acceptors (Lipinski definition) is 4. The molecule has 2 aliphatic rings. The number of alkyl carbamates (subject to hydrolysis) is 1. The Labute approximate surface area is 208 Å². The minimum Gasteiger partial charge on any atom is -0.444 e. The van der Waals surface area contributed by atoms with Gasteiger partial charge in [-0.15, -0.1) is 0 Å². The number of carbonyl (C=O) groups is 1. The summed E-state index contributed by atoms with van der Waals surface area (Å²) in [5, 5.41) is 2.98. The minimum atomic E-state index is -0.583. The van der Waals surface area contributed by atoms with Crippen LogP contribution < -0.4 is 5.32 Å². The van der Waals surface area contributed by atoms with Crippen LogP contribution in [0.15, 0.2) is 53.5 Å². The van der Waals surface area contributed by atoms with Gasteiger partial charge in [0, 0.05) is 11.6 Å². The normalized spacial score (nSPS) is 26.7. The number of amides is 1. The summed E-state index contributed by atoms with van der Waals surface area (Å²) in [4.78, 5) is 17.5. The Kier molecular flexibility index (Phi) is 7.05. The van der Waals surface area contributed by atoms with Crippen LogP contribution in [0.4, 0.5) is 14.9 Å². The van der Waals surface area contributed by atoms with Crippen molar-refractivity contribution in [3.63, 3.8) is 0 Å². The van der Waals surface area contributed by atoms with Gasteiger partial charge in [0.1, 0.15) is 11.4 Å². The van der Waals surface area contributed by atoms with Crippen LogP contribution in [-0.4, -0.2) is 29.6 Å². The molecule has 6 heteroatoms. The van der Waals surface area contributed by atoms with Crippen LogP contribution in [0.5, 0.6) is 0 Å². The van der Waals surface area contributed by atoms with Crippen molar-refractivity contribution in [1.29, 1.82) is 0 Å². The Morgan fingerprint density at radius 1 is 1.20 bits per heavy atom. The molecule has 2 aromatic rings. The molecule has 2 fully saturated rings. The molecule has 2 aromatic carbocycles. The van der Waals surface area contributed by atoms with E-state index in [0.29, 0.717) is 12.5 Å². The highest BCUT2D eigenvalue weighted by Crippen LogP contribution is 2.71. The van der Waals surface area contributed by atoms with Crippen LogP contribution in [-0.2, 0) is 16.1 Å². The summed E-state index contributed by atoms with van der Waals surface area (Å²) >= 11 is 0. The number of nitrogens with one attached hydrogen (secondary N) is 1. The lowest BCUT2D eigenvalue weighted by Crippen LogP contribution is -2.44. The average Bonchev–Trinajstić information content (AvgIpc) is 3.34. The van der Waals surface area contributed by atoms with Crippen molar-refractivity contribution in [1.82, 2.24) is 5.32 Å². The van der Waals surface area contributed by atoms with Crippen LogP contribution >= 0.6 is 0 Å². The van der Waals surface area contributed by atoms with Crippen molar-refractivity contribution in [2.24, 2.45) is 22.2 Å². The summed E-state index contributed by atoms with van der Waals surface area (Å²) in [6, 6.07) is 14.5. The zero-order valence-corrected chi connectivity index (χ0v) is 21.6. The zero-order valence-electron chi connectivity index (χ0n) is 21.6. The van der Waals surface area contributed by atoms with Crippen LogP contribution in [0.3, 0.4) is 0 Å². The number of hydrogen-bond donors (Lipinski definition) is 1. The Balaban J connectivity index is 1.49. The Hall–Kier alpha value is -2.73. The van der Waals surface area contributed by atoms with E-state index in [0.717, 1.165) is 29.8 Å². The lowest BCUT2D eigenvalue weighted by Gasteiger charge is -2.38. The Bertz CT molecular complexity index is 1090. The summed E-state index contributed by atoms with van der Waals surface area (Å²) in [7, 11) is 0. The lowest BCUT2D eigenvalue weighted by atomic mass is 9.74. The van der Waals surface area contributed by atoms with Gasteiger partial charge < -0.3 is 14.8 Å². The van der Waals surface area contributed by atoms with Crippen molar-refractivity contribution in [2.75, 3.05) is 0 Å². The number of aryl methyl sites for hydroxylation is 1. The first-order valence-electron chi connectivity index (χ1n) is 12.5. The van der Waals surface area contributed by atoms with Gasteiger partial charge in [-0.3, -0.25) is 4.99 Å². The summed E-state index contributed by atoms with van der Waals surface area (Å²) < 4.78 is 25.4. The largest absolute Gasteiger partial charge is 0.444 e. The third-order valence-electron chi connectivity index (χ3n) is 7.36. The van der Waals surface area contributed by atoms with Gasteiger partial charge >= 0.3 is 6.09 Å². The summed E-state index contributed by atoms with van der Waals surface area (Å²) in [6.45, 7) is 12.2. The van der Waals surface area contributed by atoms with Crippen LogP contribution in [0.25, 0.3) is 0 Å². The molecule has 2 saturated carbocycles. The molecule has 0 saturated heterocycles. The monoisotopic (exact) mass is 480 g/mol. The van der Waals surface area contributed by atoms with Crippen molar-refractivity contribution in [3.05, 3.63) is 65.5 Å². The van der Waals surface area contributed by atoms with Gasteiger partial charge in [-0.2, -0.15) is 0 Å². The van der Waals surface area contributed by atoms with Crippen molar-refractivity contribution < 1.29 is 18.7 Å². The SMILES string of the molecule is Cc1cc(F)ccc1N=C(C1C(C)C12CC(OCc1ccccc1)C2)[C@H](C)NC(=O)OC(C)(C)C. The van der Waals surface area contributed by atoms with Gasteiger partial charge in [-0.25, -0.2) is 9.18 Å². The number of aliphatic imine (C=N–C) groups is 1. The Morgan fingerprint density at radius 2 is 1.89 bits per heavy atom. The van der Waals surface area contributed by atoms with Crippen LogP contribution in [0.1, 0.15) is 58.6 Å². The maximum Gasteiger partial charge on any atom is 0.408 e. The molecule has 0 radical (unpaired) electrons. The van der Waals surface area contributed by atoms with E-state index in [4.69, 9.17) is 14.5 Å². The van der Waals surface area contributed by atoms with Gasteiger partial charge in [-0.05, 0) is 88.1 Å². The second kappa shape index (κ2) is 9.73. The molecular formula is C29H37FN2O3. The van der Waals surface area contributed by atoms with Gasteiger partial charge in [0.25, 0.3) is 0 Å². The van der Waals surface area contributed by atoms with Gasteiger partial charge in [0.2, 0.25) is 0 Å². The molecule has 1 spiro atoms. The van der Waals surface area contributed by atoms with Crippen LogP contribution in [0, 0.1) is 30.0 Å². The number of carbonyl (C=O) groups excluding carboxylic acids is 1. The molecular weight excluding hydrogens is 443 g/mol. The molecule has 188 valence electrons. The molecule has 0 aliphatic heterocycles. The third kappa shape index (κ3) is 5.75. The van der Waals surface area contributed by atoms with Gasteiger partial charge in [-0.1, -0.05) is 37.3 Å². The highest BCUT2D eigenvalue weighted by atomic mass is 19.1. The van der Waals surface area contributed by atoms with E-state index in [1.54, 1.807) is 6.07 Å². The van der Waals surface area contributed by atoms with E-state index in [-0.39, 0.29) is 29.3 Å². The number of benzene rings is 2. The van der Waals surface area contributed by atoms with Crippen molar-refractivity contribution in [2.45, 2.75) is 78.7 Å². The third-order valence-corrected chi connectivity index (χ3v) is 7.36. The van der Waals surface area contributed by atoms with E-state index in [1.165, 1.54) is 17.7 Å². The van der Waals surface area contributed by atoms with Crippen molar-refractivity contribution in [3.8, 4) is 0 Å². The first-order valence-corrected chi connectivity index (χ1v) is 12.5. The van der Waals surface area contributed by atoms with Gasteiger partial charge in [0.05, 0.1) is 24.4 Å². The predicted octanol–water partition coefficient (Wildman–Crippen LogP) is 6.75. The summed E-state index contributed by atoms with van der Waals surface area (Å²) in [6.07, 6.45) is 1.72. The molecule has 0 aromatic heterocycles. The maximum absolute atomic E-state index is 13.7. The molecule has 0 bridgehead atoms. The Morgan fingerprint density at radius 3 is 2.51 bits per heavy atom. The molecule has 2 unspecified atom stereocenters. The fraction of sp³-hybridized carbons (Fsp3) is 0.517. The maximum atomic E-state index is 13.7. The highest BCUT2D eigenvalue weighted by Gasteiger charge is 2.70. The average molecular weight is 481 g/mol. The van der Waals surface area contributed by atoms with E-state index >= 15 is 0 Å². The fourth-order valence-electron chi connectivity index (χ4n) is 5.45. The molecule has 0 heterocycles. The molecule has 2 aliphatic carbocycles. The number of halogens is 1. The topological polar surface area (TPSA) is 59.9 Å². The fourth-order valence-corrected chi connectivity index (χ4v) is 5.45. The second-order valence-electron chi connectivity index (χ2n) is 11.2. The summed E-state index contributed by atoms with van der Waals surface area (Å²) in [5.74, 6) is 0.381. The lowest BCUT2D eigenvalue weighted by molar-refractivity contribution is -0.0563. The molecule has 4 rings (SSSR count). The molecule has 35 heavy (non-hydrogen) atoms. The number of rotatable bonds is 7. The smallest absolute Gasteiger partial charge is 0.408 e. The quantitative estimate of drug-likeness (QED) is 0.446. The van der Waals surface area contributed by atoms with E-state index in [9.17, 15) is 9.18 Å². The van der Waals surface area contributed by atoms with Crippen LogP contribution in [0.2, 0.25) is 0 Å². The van der Waals surface area contributed by atoms with E-state index in [1.807, 2.05) is 52.8 Å². The van der Waals surface area contributed by atoms with E-state index in [2.05, 4.69) is 24.4 Å². The zero-order chi connectivity index (χ0) is 25.4. The first-order chi connectivity index (χ1) is 16.5. The minimum absolute atomic E-state index is 0.137. The molecule has 5 nitrogen and oxygen atoms in total. The second-order valence-corrected chi connectivity index (χ2v) is 11.2. The predicted molar refractivity (Wildman–Crippen MR) is 136 cm³/mol.